The van der Waals surface area contributed by atoms with Gasteiger partial charge in [0, 0.05) is 0 Å². The number of ether oxygens (including phenoxy) is 1. The molecule has 0 saturated carbocycles. The van der Waals surface area contributed by atoms with Crippen LogP contribution in [0.15, 0.2) is 30.3 Å². The van der Waals surface area contributed by atoms with Crippen molar-refractivity contribution in [1.82, 2.24) is 0 Å². The van der Waals surface area contributed by atoms with Crippen LogP contribution in [0.25, 0.3) is 0 Å². The molecule has 67 valence electrons. The Morgan fingerprint density at radius 2 is 1.85 bits per heavy atom. The molecule has 0 heterocycles. The molecule has 0 bridgehead atoms. The Bertz CT molecular complexity index is 303. The van der Waals surface area contributed by atoms with Gasteiger partial charge in [-0.05, 0) is 12.1 Å². The number of hydrogen-bond acceptors (Lipinski definition) is 3. The summed E-state index contributed by atoms with van der Waals surface area (Å²) >= 11 is 0. The average Bonchev–Trinajstić information content (AvgIpc) is 2.19. The van der Waals surface area contributed by atoms with Crippen molar-refractivity contribution in [1.29, 1.82) is 0 Å². The number of hydrogen-bond donors (Lipinski definition) is 0. The summed E-state index contributed by atoms with van der Waals surface area (Å²) in [6, 6.07) is 8.37. The standard InChI is InChI=1S/C10H9O3/c1-2-9(11)13-10(12)8-6-4-3-5-7-8/h2-7H,1H3. The Labute approximate surface area is 76.3 Å². The monoisotopic (exact) mass is 177 g/mol. The van der Waals surface area contributed by atoms with Crippen molar-refractivity contribution in [3.63, 3.8) is 0 Å². The lowest BCUT2D eigenvalue weighted by Gasteiger charge is -1.99. The van der Waals surface area contributed by atoms with Crippen LogP contribution in [0.1, 0.15) is 17.3 Å². The van der Waals surface area contributed by atoms with E-state index in [1.54, 1.807) is 30.3 Å². The molecule has 0 amide bonds. The minimum atomic E-state index is -0.631. The van der Waals surface area contributed by atoms with Gasteiger partial charge in [-0.3, -0.25) is 4.79 Å². The number of carbonyl (C=O) groups excluding carboxylic acids is 2. The first-order chi connectivity index (χ1) is 6.24. The topological polar surface area (TPSA) is 43.4 Å². The largest absolute Gasteiger partial charge is 0.389 e. The van der Waals surface area contributed by atoms with E-state index in [2.05, 4.69) is 4.74 Å². The molecule has 1 aromatic carbocycles. The Hall–Kier alpha value is -1.64. The molecule has 0 aliphatic heterocycles. The molecule has 13 heavy (non-hydrogen) atoms. The van der Waals surface area contributed by atoms with Crippen LogP contribution < -0.4 is 0 Å². The molecule has 3 heteroatoms. The summed E-state index contributed by atoms with van der Waals surface area (Å²) in [6.07, 6.45) is 1.20. The van der Waals surface area contributed by atoms with Gasteiger partial charge >= 0.3 is 11.9 Å². The van der Waals surface area contributed by atoms with Gasteiger partial charge in [-0.2, -0.15) is 0 Å². The zero-order valence-corrected chi connectivity index (χ0v) is 7.19. The Kier molecular flexibility index (Phi) is 3.20. The second-order valence-corrected chi connectivity index (χ2v) is 2.36. The van der Waals surface area contributed by atoms with Crippen LogP contribution in [0.5, 0.6) is 0 Å². The molecule has 0 spiro atoms. The van der Waals surface area contributed by atoms with E-state index in [4.69, 9.17) is 0 Å². The van der Waals surface area contributed by atoms with Crippen LogP contribution in [0.4, 0.5) is 0 Å². The maximum Gasteiger partial charge on any atom is 0.345 e. The third kappa shape index (κ3) is 2.71. The molecule has 1 aromatic rings. The van der Waals surface area contributed by atoms with Gasteiger partial charge in [-0.25, -0.2) is 4.79 Å². The first-order valence-electron chi connectivity index (χ1n) is 3.84. The normalized spacial score (nSPS) is 9.31. The molecule has 0 N–H and O–H groups in total. The van der Waals surface area contributed by atoms with E-state index in [1.807, 2.05) is 0 Å². The summed E-state index contributed by atoms with van der Waals surface area (Å²) in [5.74, 6) is -1.25. The number of rotatable bonds is 2. The van der Waals surface area contributed by atoms with Gasteiger partial charge in [0.2, 0.25) is 0 Å². The summed E-state index contributed by atoms with van der Waals surface area (Å²) in [5.41, 5.74) is 0.373. The summed E-state index contributed by atoms with van der Waals surface area (Å²) in [5, 5.41) is 0. The van der Waals surface area contributed by atoms with Gasteiger partial charge < -0.3 is 4.74 Å². The van der Waals surface area contributed by atoms with Crippen molar-refractivity contribution in [3.05, 3.63) is 42.3 Å². The van der Waals surface area contributed by atoms with Gasteiger partial charge in [-0.15, -0.1) is 0 Å². The highest BCUT2D eigenvalue weighted by molar-refractivity contribution is 5.98. The van der Waals surface area contributed by atoms with Crippen LogP contribution >= 0.6 is 0 Å². The van der Waals surface area contributed by atoms with Crippen molar-refractivity contribution in [2.75, 3.05) is 0 Å². The van der Waals surface area contributed by atoms with Crippen molar-refractivity contribution in [2.24, 2.45) is 0 Å². The van der Waals surface area contributed by atoms with Gasteiger partial charge in [0.05, 0.1) is 12.0 Å². The first kappa shape index (κ1) is 9.45. The summed E-state index contributed by atoms with van der Waals surface area (Å²) < 4.78 is 4.45. The molecule has 0 aliphatic rings. The second kappa shape index (κ2) is 4.40. The maximum absolute atomic E-state index is 11.2. The van der Waals surface area contributed by atoms with Crippen LogP contribution in [0, 0.1) is 6.42 Å². The van der Waals surface area contributed by atoms with Crippen LogP contribution in [-0.4, -0.2) is 11.9 Å². The summed E-state index contributed by atoms with van der Waals surface area (Å²) in [7, 11) is 0. The van der Waals surface area contributed by atoms with E-state index in [0.717, 1.165) is 0 Å². The summed E-state index contributed by atoms with van der Waals surface area (Å²) in [6.45, 7) is 1.51. The average molecular weight is 177 g/mol. The van der Waals surface area contributed by atoms with E-state index < -0.39 is 11.9 Å². The van der Waals surface area contributed by atoms with E-state index >= 15 is 0 Å². The van der Waals surface area contributed by atoms with Gasteiger partial charge in [0.15, 0.2) is 0 Å². The minimum Gasteiger partial charge on any atom is -0.389 e. The maximum atomic E-state index is 11.2. The Morgan fingerprint density at radius 1 is 1.23 bits per heavy atom. The highest BCUT2D eigenvalue weighted by Gasteiger charge is 2.09. The van der Waals surface area contributed by atoms with E-state index in [0.29, 0.717) is 5.56 Å². The van der Waals surface area contributed by atoms with Crippen molar-refractivity contribution in [3.8, 4) is 0 Å². The molecule has 0 aromatic heterocycles. The lowest BCUT2D eigenvalue weighted by atomic mass is 10.2. The fourth-order valence-electron chi connectivity index (χ4n) is 0.783. The molecule has 0 atom stereocenters. The fourth-order valence-corrected chi connectivity index (χ4v) is 0.783. The fraction of sp³-hybridized carbons (Fsp3) is 0.100. The van der Waals surface area contributed by atoms with Crippen molar-refractivity contribution in [2.45, 2.75) is 6.92 Å². The van der Waals surface area contributed by atoms with Crippen LogP contribution in [0.2, 0.25) is 0 Å². The molecule has 3 nitrogen and oxygen atoms in total. The number of carbonyl (C=O) groups is 2. The molecular formula is C10H9O3. The van der Waals surface area contributed by atoms with Crippen LogP contribution in [-0.2, 0) is 9.53 Å². The third-order valence-electron chi connectivity index (χ3n) is 1.44. The summed E-state index contributed by atoms with van der Waals surface area (Å²) in [4.78, 5) is 21.8. The molecule has 1 rings (SSSR count). The Morgan fingerprint density at radius 3 is 2.38 bits per heavy atom. The first-order valence-corrected chi connectivity index (χ1v) is 3.84. The lowest BCUT2D eigenvalue weighted by molar-refractivity contribution is -0.133. The zero-order chi connectivity index (χ0) is 9.68. The molecule has 0 saturated heterocycles. The highest BCUT2D eigenvalue weighted by atomic mass is 16.6. The van der Waals surface area contributed by atoms with E-state index in [1.165, 1.54) is 13.3 Å². The predicted molar refractivity (Wildman–Crippen MR) is 46.8 cm³/mol. The second-order valence-electron chi connectivity index (χ2n) is 2.36. The van der Waals surface area contributed by atoms with Crippen molar-refractivity contribution >= 4 is 11.9 Å². The SMILES string of the molecule is C[CH]C(=O)OC(=O)c1ccccc1. The molecule has 0 fully saturated rings. The van der Waals surface area contributed by atoms with Gasteiger partial charge in [0.1, 0.15) is 0 Å². The van der Waals surface area contributed by atoms with E-state index in [-0.39, 0.29) is 0 Å². The quantitative estimate of drug-likeness (QED) is 0.509. The van der Waals surface area contributed by atoms with E-state index in [9.17, 15) is 9.59 Å². The molecule has 0 aliphatic carbocycles. The molecular weight excluding hydrogens is 168 g/mol. The molecule has 1 radical (unpaired) electrons. The Balaban J connectivity index is 2.65. The van der Waals surface area contributed by atoms with Crippen molar-refractivity contribution < 1.29 is 14.3 Å². The van der Waals surface area contributed by atoms with Gasteiger partial charge in [-0.1, -0.05) is 25.1 Å². The zero-order valence-electron chi connectivity index (χ0n) is 7.19. The predicted octanol–water partition coefficient (Wildman–Crippen LogP) is 1.59. The lowest BCUT2D eigenvalue weighted by Crippen LogP contribution is -2.11. The minimum absolute atomic E-state index is 0.373. The number of benzene rings is 1. The molecule has 0 unspecified atom stereocenters. The smallest absolute Gasteiger partial charge is 0.345 e. The van der Waals surface area contributed by atoms with Gasteiger partial charge in [0.25, 0.3) is 0 Å². The number of esters is 2. The van der Waals surface area contributed by atoms with Crippen LogP contribution in [0.3, 0.4) is 0 Å². The highest BCUT2D eigenvalue weighted by Crippen LogP contribution is 2.01. The third-order valence-corrected chi connectivity index (χ3v) is 1.44.